The average molecular weight is 360 g/mol. The largest absolute Gasteiger partial charge is 0.444 e. The number of likely N-dealkylation sites (tertiary alicyclic amines) is 1. The summed E-state index contributed by atoms with van der Waals surface area (Å²) >= 11 is 0. The van der Waals surface area contributed by atoms with E-state index in [-0.39, 0.29) is 17.7 Å². The van der Waals surface area contributed by atoms with Gasteiger partial charge in [-0.1, -0.05) is 30.3 Å². The van der Waals surface area contributed by atoms with Crippen molar-refractivity contribution in [2.75, 3.05) is 20.2 Å². The maximum atomic E-state index is 13.0. The zero-order chi connectivity index (χ0) is 19.2. The lowest BCUT2D eigenvalue weighted by molar-refractivity contribution is -0.0760. The fourth-order valence-corrected chi connectivity index (χ4v) is 4.80. The van der Waals surface area contributed by atoms with Gasteiger partial charge in [0.15, 0.2) is 0 Å². The molecule has 2 bridgehead atoms. The fourth-order valence-electron chi connectivity index (χ4n) is 4.80. The third-order valence-corrected chi connectivity index (χ3v) is 5.59. The van der Waals surface area contributed by atoms with Crippen molar-refractivity contribution in [1.82, 2.24) is 9.80 Å². The minimum absolute atomic E-state index is 0.000733. The van der Waals surface area contributed by atoms with E-state index in [1.807, 2.05) is 31.7 Å². The number of piperazine rings is 1. The number of hydrogen-bond acceptors (Lipinski definition) is 4. The third-order valence-electron chi connectivity index (χ3n) is 5.59. The minimum Gasteiger partial charge on any atom is -0.444 e. The predicted octanol–water partition coefficient (Wildman–Crippen LogP) is 3.68. The van der Waals surface area contributed by atoms with E-state index in [9.17, 15) is 4.79 Å². The molecule has 26 heavy (non-hydrogen) atoms. The summed E-state index contributed by atoms with van der Waals surface area (Å²) in [6.07, 6.45) is 0.590. The van der Waals surface area contributed by atoms with Gasteiger partial charge in [-0.05, 0) is 40.2 Å². The van der Waals surface area contributed by atoms with Crippen molar-refractivity contribution in [3.8, 4) is 0 Å². The molecular formula is C21H32N2O3. The van der Waals surface area contributed by atoms with Gasteiger partial charge in [-0.25, -0.2) is 4.79 Å². The smallest absolute Gasteiger partial charge is 0.411 e. The summed E-state index contributed by atoms with van der Waals surface area (Å²) in [5, 5.41) is 0. The van der Waals surface area contributed by atoms with Crippen molar-refractivity contribution in [3.63, 3.8) is 0 Å². The molecule has 1 aromatic carbocycles. The van der Waals surface area contributed by atoms with Crippen LogP contribution in [-0.2, 0) is 16.0 Å². The zero-order valence-corrected chi connectivity index (χ0v) is 16.9. The van der Waals surface area contributed by atoms with Crippen molar-refractivity contribution < 1.29 is 14.3 Å². The normalized spacial score (nSPS) is 31.9. The topological polar surface area (TPSA) is 42.0 Å². The van der Waals surface area contributed by atoms with Crippen molar-refractivity contribution in [3.05, 3.63) is 35.9 Å². The van der Waals surface area contributed by atoms with Gasteiger partial charge < -0.3 is 9.47 Å². The van der Waals surface area contributed by atoms with Crippen LogP contribution in [0.5, 0.6) is 0 Å². The van der Waals surface area contributed by atoms with Crippen LogP contribution < -0.4 is 0 Å². The number of benzene rings is 1. The van der Waals surface area contributed by atoms with Gasteiger partial charge >= 0.3 is 6.09 Å². The maximum Gasteiger partial charge on any atom is 0.411 e. The Hall–Kier alpha value is -1.59. The number of fused-ring (bicyclic) bond motifs is 2. The van der Waals surface area contributed by atoms with E-state index in [1.54, 1.807) is 7.11 Å². The Bertz CT molecular complexity index is 657. The third kappa shape index (κ3) is 3.47. The molecule has 0 spiro atoms. The number of hydrogen-bond donors (Lipinski definition) is 0. The van der Waals surface area contributed by atoms with Gasteiger partial charge in [0.05, 0.1) is 17.2 Å². The molecule has 0 aliphatic carbocycles. The van der Waals surface area contributed by atoms with Crippen LogP contribution in [0.15, 0.2) is 30.3 Å². The molecule has 0 aromatic heterocycles. The van der Waals surface area contributed by atoms with Crippen molar-refractivity contribution >= 4 is 6.09 Å². The lowest BCUT2D eigenvalue weighted by Crippen LogP contribution is -2.68. The monoisotopic (exact) mass is 360 g/mol. The number of nitrogens with zero attached hydrogens (tertiary/aromatic N) is 2. The van der Waals surface area contributed by atoms with Gasteiger partial charge in [0, 0.05) is 33.2 Å². The molecule has 0 unspecified atom stereocenters. The molecule has 144 valence electrons. The molecule has 2 fully saturated rings. The van der Waals surface area contributed by atoms with Crippen molar-refractivity contribution in [1.29, 1.82) is 0 Å². The highest BCUT2D eigenvalue weighted by atomic mass is 16.6. The quantitative estimate of drug-likeness (QED) is 0.825. The van der Waals surface area contributed by atoms with Gasteiger partial charge in [0.1, 0.15) is 5.60 Å². The van der Waals surface area contributed by atoms with Crippen LogP contribution in [0.2, 0.25) is 0 Å². The summed E-state index contributed by atoms with van der Waals surface area (Å²) in [6, 6.07) is 10.5. The highest BCUT2D eigenvalue weighted by Crippen LogP contribution is 2.48. The van der Waals surface area contributed by atoms with Gasteiger partial charge in [-0.2, -0.15) is 0 Å². The molecule has 1 amide bonds. The molecule has 0 radical (unpaired) electrons. The summed E-state index contributed by atoms with van der Waals surface area (Å²) in [7, 11) is 1.74. The fraction of sp³-hybridized carbons (Fsp3) is 0.667. The first-order valence-corrected chi connectivity index (χ1v) is 9.40. The summed E-state index contributed by atoms with van der Waals surface area (Å²) in [4.78, 5) is 17.4. The van der Waals surface area contributed by atoms with Crippen LogP contribution in [0.1, 0.15) is 46.6 Å². The van der Waals surface area contributed by atoms with Gasteiger partial charge in [0.25, 0.3) is 0 Å². The van der Waals surface area contributed by atoms with E-state index in [1.165, 1.54) is 5.56 Å². The first kappa shape index (κ1) is 19.2. The van der Waals surface area contributed by atoms with Crippen molar-refractivity contribution in [2.45, 2.75) is 70.4 Å². The second-order valence-electron chi connectivity index (χ2n) is 9.23. The Labute approximate surface area is 157 Å². The Morgan fingerprint density at radius 3 is 2.42 bits per heavy atom. The van der Waals surface area contributed by atoms with Gasteiger partial charge in [0.2, 0.25) is 0 Å². The van der Waals surface area contributed by atoms with Gasteiger partial charge in [-0.15, -0.1) is 0 Å². The SMILES string of the molecule is CO[C@H]1C[C@@]2(C)CN(Cc3ccccc3)C[C@@]1(C)N2C(=O)OC(C)(C)C. The molecule has 3 atom stereocenters. The number of amides is 1. The number of rotatable bonds is 3. The molecule has 3 rings (SSSR count). The van der Waals surface area contributed by atoms with Crippen LogP contribution in [0.25, 0.3) is 0 Å². The van der Waals surface area contributed by atoms with Crippen LogP contribution in [0.3, 0.4) is 0 Å². The molecule has 2 heterocycles. The zero-order valence-electron chi connectivity index (χ0n) is 16.9. The van der Waals surface area contributed by atoms with Crippen LogP contribution >= 0.6 is 0 Å². The Balaban J connectivity index is 1.87. The molecule has 2 saturated heterocycles. The summed E-state index contributed by atoms with van der Waals surface area (Å²) < 4.78 is 11.6. The molecule has 5 nitrogen and oxygen atoms in total. The van der Waals surface area contributed by atoms with E-state index < -0.39 is 11.1 Å². The standard InChI is InChI=1S/C21H32N2O3/c1-19(2,3)26-18(24)23-20(4)12-17(25-6)21(23,5)15-22(14-20)13-16-10-8-7-9-11-16/h7-11,17H,12-15H2,1-6H3/t17-,20-,21+/m0/s1. The summed E-state index contributed by atoms with van der Waals surface area (Å²) in [5.41, 5.74) is 0.0789. The molecule has 1 aromatic rings. The predicted molar refractivity (Wildman–Crippen MR) is 102 cm³/mol. The van der Waals surface area contributed by atoms with Gasteiger partial charge in [-0.3, -0.25) is 9.80 Å². The van der Waals surface area contributed by atoms with E-state index in [0.717, 1.165) is 26.1 Å². The molecule has 0 saturated carbocycles. The van der Waals surface area contributed by atoms with E-state index in [0.29, 0.717) is 0 Å². The van der Waals surface area contributed by atoms with E-state index in [4.69, 9.17) is 9.47 Å². The highest BCUT2D eigenvalue weighted by Gasteiger charge is 2.63. The lowest BCUT2D eigenvalue weighted by Gasteiger charge is -2.52. The molecule has 5 heteroatoms. The lowest BCUT2D eigenvalue weighted by atomic mass is 9.94. The Kier molecular flexibility index (Phi) is 4.82. The number of ether oxygens (including phenoxy) is 2. The average Bonchev–Trinajstić information content (AvgIpc) is 2.65. The Morgan fingerprint density at radius 1 is 1.19 bits per heavy atom. The number of carbonyl (C=O) groups is 1. The van der Waals surface area contributed by atoms with E-state index >= 15 is 0 Å². The number of carbonyl (C=O) groups excluding carboxylic acids is 1. The minimum atomic E-state index is -0.507. The number of methoxy groups -OCH3 is 1. The van der Waals surface area contributed by atoms with Crippen LogP contribution in [0, 0.1) is 0 Å². The van der Waals surface area contributed by atoms with Crippen molar-refractivity contribution in [2.24, 2.45) is 0 Å². The molecule has 2 aliphatic heterocycles. The summed E-state index contributed by atoms with van der Waals surface area (Å²) in [5.74, 6) is 0. The maximum absolute atomic E-state index is 13.0. The Morgan fingerprint density at radius 2 is 1.85 bits per heavy atom. The molecule has 0 N–H and O–H groups in total. The first-order chi connectivity index (χ1) is 12.1. The first-order valence-electron chi connectivity index (χ1n) is 9.40. The second kappa shape index (κ2) is 6.54. The molecular weight excluding hydrogens is 328 g/mol. The molecule has 2 aliphatic rings. The van der Waals surface area contributed by atoms with Crippen LogP contribution in [-0.4, -0.2) is 58.9 Å². The summed E-state index contributed by atoms with van der Waals surface area (Å²) in [6.45, 7) is 12.5. The van der Waals surface area contributed by atoms with E-state index in [2.05, 4.69) is 43.0 Å². The highest BCUT2D eigenvalue weighted by molar-refractivity contribution is 5.71. The van der Waals surface area contributed by atoms with Crippen LogP contribution in [0.4, 0.5) is 4.79 Å². The second-order valence-corrected chi connectivity index (χ2v) is 9.23.